The fourth-order valence-corrected chi connectivity index (χ4v) is 0.437. The van der Waals surface area contributed by atoms with Crippen LogP contribution in [-0.4, -0.2) is 30.0 Å². The second-order valence-corrected chi connectivity index (χ2v) is 2.45. The largest absolute Gasteiger partial charge is 0.466 e. The molecule has 12 heavy (non-hydrogen) atoms. The van der Waals surface area contributed by atoms with Gasteiger partial charge < -0.3 is 9.84 Å². The summed E-state index contributed by atoms with van der Waals surface area (Å²) in [6, 6.07) is 0. The summed E-state index contributed by atoms with van der Waals surface area (Å²) in [6.07, 6.45) is 1.42. The van der Waals surface area contributed by atoms with Gasteiger partial charge in [-0.3, -0.25) is 4.79 Å². The molecule has 0 atom stereocenters. The fourth-order valence-electron chi connectivity index (χ4n) is 0.437. The average molecular weight is 194 g/mol. The molecule has 0 aromatic rings. The third-order valence-corrected chi connectivity index (χ3v) is 1.06. The molecule has 0 spiro atoms. The lowest BCUT2D eigenvalue weighted by molar-refractivity contribution is -0.143. The minimum Gasteiger partial charge on any atom is -0.466 e. The molecule has 0 saturated heterocycles. The van der Waals surface area contributed by atoms with Gasteiger partial charge in [0.1, 0.15) is 0 Å². The van der Waals surface area contributed by atoms with Crippen LogP contribution in [0.5, 0.6) is 0 Å². The van der Waals surface area contributed by atoms with E-state index in [1.807, 2.05) is 13.8 Å². The van der Waals surface area contributed by atoms with Gasteiger partial charge in [-0.15, -0.1) is 0 Å². The second kappa shape index (κ2) is 13.4. The fraction of sp³-hybridized carbons (Fsp3) is 0.875. The summed E-state index contributed by atoms with van der Waals surface area (Å²) in [5.74, 6) is 0.481. The first-order valence-electron chi connectivity index (χ1n) is 4.10. The lowest BCUT2D eigenvalue weighted by atomic mass is 10.3. The molecule has 0 aliphatic rings. The van der Waals surface area contributed by atoms with Crippen molar-refractivity contribution in [3.8, 4) is 0 Å². The van der Waals surface area contributed by atoms with Crippen LogP contribution in [0, 0.1) is 0 Å². The summed E-state index contributed by atoms with van der Waals surface area (Å²) in [5, 5.41) is 7.80. The van der Waals surface area contributed by atoms with Gasteiger partial charge in [0.05, 0.1) is 13.2 Å². The highest BCUT2D eigenvalue weighted by molar-refractivity contribution is 7.80. The molecule has 0 unspecified atom stereocenters. The molecule has 0 rings (SSSR count). The number of hydrogen-bond donors (Lipinski definition) is 2. The quantitative estimate of drug-likeness (QED) is 0.523. The molecular formula is C8H18O3S. The molecule has 0 saturated carbocycles. The van der Waals surface area contributed by atoms with Crippen molar-refractivity contribution < 1.29 is 14.6 Å². The summed E-state index contributed by atoms with van der Waals surface area (Å²) >= 11 is 3.67. The van der Waals surface area contributed by atoms with Crippen LogP contribution in [0.25, 0.3) is 0 Å². The smallest absolute Gasteiger partial charge is 0.305 e. The molecule has 4 heteroatoms. The number of aliphatic hydroxyl groups excluding tert-OH is 1. The first-order chi connectivity index (χ1) is 5.72. The normalized spacial score (nSPS) is 8.33. The number of ether oxygens (including phenoxy) is 1. The molecule has 0 radical (unpaired) electrons. The maximum Gasteiger partial charge on any atom is 0.305 e. The molecule has 3 nitrogen and oxygen atoms in total. The predicted molar refractivity (Wildman–Crippen MR) is 52.5 cm³/mol. The summed E-state index contributed by atoms with van der Waals surface area (Å²) in [5.41, 5.74) is 0. The zero-order valence-electron chi connectivity index (χ0n) is 7.75. The Bertz CT molecular complexity index is 86.3. The number of esters is 1. The lowest BCUT2D eigenvalue weighted by Crippen LogP contribution is -2.01. The summed E-state index contributed by atoms with van der Waals surface area (Å²) in [7, 11) is 0. The highest BCUT2D eigenvalue weighted by Gasteiger charge is 1.95. The van der Waals surface area contributed by atoms with Crippen molar-refractivity contribution in [3.63, 3.8) is 0 Å². The minimum atomic E-state index is -0.0880. The van der Waals surface area contributed by atoms with Gasteiger partial charge in [0, 0.05) is 12.2 Å². The molecule has 0 aliphatic carbocycles. The Hall–Kier alpha value is -0.220. The molecule has 0 fully saturated rings. The van der Waals surface area contributed by atoms with Gasteiger partial charge in [0.15, 0.2) is 0 Å². The van der Waals surface area contributed by atoms with E-state index in [9.17, 15) is 4.79 Å². The van der Waals surface area contributed by atoms with Crippen LogP contribution in [0.2, 0.25) is 0 Å². The van der Waals surface area contributed by atoms with Gasteiger partial charge in [-0.25, -0.2) is 0 Å². The average Bonchev–Trinajstić information content (AvgIpc) is 2.06. The monoisotopic (exact) mass is 194 g/mol. The van der Waals surface area contributed by atoms with Crippen LogP contribution in [0.4, 0.5) is 0 Å². The molecule has 0 aromatic carbocycles. The van der Waals surface area contributed by atoms with Crippen molar-refractivity contribution in [2.45, 2.75) is 26.7 Å². The molecule has 0 amide bonds. The van der Waals surface area contributed by atoms with E-state index in [-0.39, 0.29) is 12.6 Å². The Morgan fingerprint density at radius 3 is 2.25 bits per heavy atom. The van der Waals surface area contributed by atoms with E-state index in [0.717, 1.165) is 6.42 Å². The summed E-state index contributed by atoms with van der Waals surface area (Å²) in [4.78, 5) is 10.4. The van der Waals surface area contributed by atoms with E-state index in [1.165, 1.54) is 0 Å². The van der Waals surface area contributed by atoms with Crippen LogP contribution in [-0.2, 0) is 9.53 Å². The molecule has 0 aromatic heterocycles. The highest BCUT2D eigenvalue weighted by atomic mass is 32.1. The van der Waals surface area contributed by atoms with E-state index in [0.29, 0.717) is 18.8 Å². The van der Waals surface area contributed by atoms with Crippen molar-refractivity contribution in [2.24, 2.45) is 0 Å². The molecule has 74 valence electrons. The van der Waals surface area contributed by atoms with Crippen molar-refractivity contribution >= 4 is 18.6 Å². The number of carbonyl (C=O) groups is 1. The van der Waals surface area contributed by atoms with Crippen LogP contribution >= 0.6 is 12.6 Å². The summed E-state index contributed by atoms with van der Waals surface area (Å²) in [6.45, 7) is 4.45. The Labute approximate surface area is 79.5 Å². The number of hydrogen-bond acceptors (Lipinski definition) is 4. The highest BCUT2D eigenvalue weighted by Crippen LogP contribution is 1.89. The van der Waals surface area contributed by atoms with Gasteiger partial charge in [-0.2, -0.15) is 12.6 Å². The van der Waals surface area contributed by atoms with Crippen molar-refractivity contribution in [3.05, 3.63) is 0 Å². The third-order valence-electron chi connectivity index (χ3n) is 0.859. The number of rotatable bonds is 4. The third kappa shape index (κ3) is 16.4. The van der Waals surface area contributed by atoms with E-state index in [2.05, 4.69) is 17.4 Å². The van der Waals surface area contributed by atoms with Gasteiger partial charge in [0.25, 0.3) is 0 Å². The van der Waals surface area contributed by atoms with E-state index >= 15 is 0 Å². The standard InChI is InChI=1S/C6H12O2.C2H6OS/c1-3-5-6(7)8-4-2;3-1-2-4/h3-5H2,1-2H3;3-4H,1-2H2. The molecular weight excluding hydrogens is 176 g/mol. The van der Waals surface area contributed by atoms with Crippen molar-refractivity contribution in [1.29, 1.82) is 0 Å². The SMILES string of the molecule is CCCC(=O)OCC.OCCS. The molecule has 0 heterocycles. The minimum absolute atomic E-state index is 0.0880. The zero-order chi connectivity index (χ0) is 9.82. The Morgan fingerprint density at radius 1 is 1.50 bits per heavy atom. The van der Waals surface area contributed by atoms with Crippen LogP contribution in [0.15, 0.2) is 0 Å². The van der Waals surface area contributed by atoms with E-state index in [4.69, 9.17) is 5.11 Å². The molecule has 0 aliphatic heterocycles. The van der Waals surface area contributed by atoms with Crippen molar-refractivity contribution in [1.82, 2.24) is 0 Å². The predicted octanol–water partition coefficient (Wildman–Crippen LogP) is 1.26. The van der Waals surface area contributed by atoms with Crippen LogP contribution in [0.3, 0.4) is 0 Å². The molecule has 1 N–H and O–H groups in total. The Balaban J connectivity index is 0. The Morgan fingerprint density at radius 2 is 2.00 bits per heavy atom. The maximum atomic E-state index is 10.4. The number of carbonyl (C=O) groups excluding carboxylic acids is 1. The number of aliphatic hydroxyl groups is 1. The van der Waals surface area contributed by atoms with Crippen molar-refractivity contribution in [2.75, 3.05) is 19.0 Å². The first kappa shape index (κ1) is 14.3. The zero-order valence-corrected chi connectivity index (χ0v) is 8.64. The topological polar surface area (TPSA) is 46.5 Å². The lowest BCUT2D eigenvalue weighted by Gasteiger charge is -1.96. The van der Waals surface area contributed by atoms with Gasteiger partial charge in [-0.05, 0) is 13.3 Å². The van der Waals surface area contributed by atoms with Crippen LogP contribution < -0.4 is 0 Å². The van der Waals surface area contributed by atoms with Gasteiger partial charge >= 0.3 is 5.97 Å². The summed E-state index contributed by atoms with van der Waals surface area (Å²) < 4.78 is 4.64. The van der Waals surface area contributed by atoms with Crippen LogP contribution in [0.1, 0.15) is 26.7 Å². The van der Waals surface area contributed by atoms with Gasteiger partial charge in [-0.1, -0.05) is 6.92 Å². The second-order valence-electron chi connectivity index (χ2n) is 2.00. The van der Waals surface area contributed by atoms with E-state index in [1.54, 1.807) is 0 Å². The maximum absolute atomic E-state index is 10.4. The Kier molecular flexibility index (Phi) is 16.0. The first-order valence-corrected chi connectivity index (χ1v) is 4.73. The molecule has 0 bridgehead atoms. The number of thiol groups is 1. The van der Waals surface area contributed by atoms with Gasteiger partial charge in [0.2, 0.25) is 0 Å². The van der Waals surface area contributed by atoms with E-state index < -0.39 is 0 Å².